The number of nitrogens with one attached hydrogen (secondary N) is 2. The van der Waals surface area contributed by atoms with Gasteiger partial charge in [0.1, 0.15) is 0 Å². The molecule has 0 spiro atoms. The van der Waals surface area contributed by atoms with Gasteiger partial charge in [-0.15, -0.1) is 0 Å². The fourth-order valence-electron chi connectivity index (χ4n) is 1.93. The summed E-state index contributed by atoms with van der Waals surface area (Å²) in [4.78, 5) is 34.9. The van der Waals surface area contributed by atoms with Gasteiger partial charge in [0.05, 0.1) is 12.7 Å². The Morgan fingerprint density at radius 2 is 1.26 bits per heavy atom. The van der Waals surface area contributed by atoms with Gasteiger partial charge in [-0.05, 0) is 48.5 Å². The first-order valence-corrected chi connectivity index (χ1v) is 6.87. The van der Waals surface area contributed by atoms with Crippen molar-refractivity contribution in [2.75, 3.05) is 19.5 Å². The van der Waals surface area contributed by atoms with Crippen molar-refractivity contribution in [2.45, 2.75) is 0 Å². The third kappa shape index (κ3) is 3.94. The van der Waals surface area contributed by atoms with E-state index in [-0.39, 0.29) is 11.8 Å². The Morgan fingerprint density at radius 1 is 0.783 bits per heavy atom. The van der Waals surface area contributed by atoms with Crippen LogP contribution in [0.2, 0.25) is 0 Å². The molecule has 2 rings (SSSR count). The molecule has 6 nitrogen and oxygen atoms in total. The van der Waals surface area contributed by atoms with Crippen molar-refractivity contribution < 1.29 is 19.1 Å². The van der Waals surface area contributed by atoms with Crippen LogP contribution in [-0.4, -0.2) is 31.9 Å². The normalized spacial score (nSPS) is 9.83. The van der Waals surface area contributed by atoms with Crippen LogP contribution >= 0.6 is 0 Å². The van der Waals surface area contributed by atoms with Crippen molar-refractivity contribution in [2.24, 2.45) is 0 Å². The first-order chi connectivity index (χ1) is 11.0. The lowest BCUT2D eigenvalue weighted by atomic mass is 10.1. The van der Waals surface area contributed by atoms with E-state index >= 15 is 0 Å². The first kappa shape index (κ1) is 16.2. The minimum absolute atomic E-state index is 0.193. The minimum Gasteiger partial charge on any atom is -0.465 e. The van der Waals surface area contributed by atoms with Gasteiger partial charge in [-0.25, -0.2) is 4.79 Å². The van der Waals surface area contributed by atoms with Gasteiger partial charge in [-0.1, -0.05) is 0 Å². The molecule has 23 heavy (non-hydrogen) atoms. The molecule has 0 aliphatic carbocycles. The van der Waals surface area contributed by atoms with Crippen LogP contribution in [0.4, 0.5) is 5.69 Å². The minimum atomic E-state index is -0.457. The van der Waals surface area contributed by atoms with Gasteiger partial charge in [-0.2, -0.15) is 0 Å². The number of esters is 1. The molecule has 2 aromatic carbocycles. The number of hydrogen-bond acceptors (Lipinski definition) is 4. The second kappa shape index (κ2) is 7.22. The van der Waals surface area contributed by atoms with E-state index in [1.807, 2.05) is 0 Å². The van der Waals surface area contributed by atoms with E-state index in [1.165, 1.54) is 19.2 Å². The maximum atomic E-state index is 12.1. The van der Waals surface area contributed by atoms with E-state index in [4.69, 9.17) is 0 Å². The maximum absolute atomic E-state index is 12.1. The third-order valence-electron chi connectivity index (χ3n) is 3.20. The Bertz CT molecular complexity index is 721. The fraction of sp³-hybridized carbons (Fsp3) is 0.118. The lowest BCUT2D eigenvalue weighted by Gasteiger charge is -2.07. The van der Waals surface area contributed by atoms with Gasteiger partial charge in [0.25, 0.3) is 11.8 Å². The number of methoxy groups -OCH3 is 1. The molecule has 0 unspecified atom stereocenters. The molecule has 2 aromatic rings. The predicted octanol–water partition coefficient (Wildman–Crippen LogP) is 2.09. The molecule has 0 aliphatic heterocycles. The van der Waals surface area contributed by atoms with Crippen LogP contribution in [0.25, 0.3) is 0 Å². The molecule has 6 heteroatoms. The van der Waals surface area contributed by atoms with Crippen LogP contribution in [-0.2, 0) is 4.74 Å². The Kier molecular flexibility index (Phi) is 5.09. The summed E-state index contributed by atoms with van der Waals surface area (Å²) in [5, 5.41) is 5.24. The number of carbonyl (C=O) groups excluding carboxylic acids is 3. The van der Waals surface area contributed by atoms with Gasteiger partial charge < -0.3 is 15.4 Å². The highest BCUT2D eigenvalue weighted by Gasteiger charge is 2.10. The lowest BCUT2D eigenvalue weighted by molar-refractivity contribution is 0.0600. The Balaban J connectivity index is 2.06. The molecule has 0 fully saturated rings. The van der Waals surface area contributed by atoms with Crippen molar-refractivity contribution >= 4 is 23.5 Å². The largest absolute Gasteiger partial charge is 0.465 e. The average Bonchev–Trinajstić information content (AvgIpc) is 2.61. The van der Waals surface area contributed by atoms with Crippen LogP contribution in [0.3, 0.4) is 0 Å². The summed E-state index contributed by atoms with van der Waals surface area (Å²) in [6.07, 6.45) is 0. The van der Waals surface area contributed by atoms with Crippen LogP contribution in [0, 0.1) is 0 Å². The van der Waals surface area contributed by atoms with Gasteiger partial charge in [-0.3, -0.25) is 9.59 Å². The fourth-order valence-corrected chi connectivity index (χ4v) is 1.93. The molecule has 0 aromatic heterocycles. The molecular weight excluding hydrogens is 296 g/mol. The highest BCUT2D eigenvalue weighted by molar-refractivity contribution is 6.05. The summed E-state index contributed by atoms with van der Waals surface area (Å²) in [6, 6.07) is 12.7. The number of carbonyl (C=O) groups is 3. The Morgan fingerprint density at radius 3 is 1.78 bits per heavy atom. The number of ether oxygens (including phenoxy) is 1. The molecule has 0 heterocycles. The van der Waals surface area contributed by atoms with E-state index < -0.39 is 5.97 Å². The highest BCUT2D eigenvalue weighted by Crippen LogP contribution is 2.12. The van der Waals surface area contributed by atoms with Crippen molar-refractivity contribution in [3.63, 3.8) is 0 Å². The van der Waals surface area contributed by atoms with Gasteiger partial charge in [0, 0.05) is 23.9 Å². The van der Waals surface area contributed by atoms with E-state index in [1.54, 1.807) is 43.4 Å². The molecule has 0 saturated heterocycles. The number of anilines is 1. The topological polar surface area (TPSA) is 84.5 Å². The van der Waals surface area contributed by atoms with Crippen molar-refractivity contribution in [3.05, 3.63) is 65.2 Å². The third-order valence-corrected chi connectivity index (χ3v) is 3.20. The maximum Gasteiger partial charge on any atom is 0.337 e. The van der Waals surface area contributed by atoms with E-state index in [0.29, 0.717) is 22.4 Å². The molecule has 0 atom stereocenters. The summed E-state index contributed by atoms with van der Waals surface area (Å²) >= 11 is 0. The van der Waals surface area contributed by atoms with E-state index in [0.717, 1.165) is 0 Å². The van der Waals surface area contributed by atoms with Crippen molar-refractivity contribution in [1.82, 2.24) is 5.32 Å². The summed E-state index contributed by atoms with van der Waals surface area (Å²) in [5.41, 5.74) is 1.86. The van der Waals surface area contributed by atoms with E-state index in [9.17, 15) is 14.4 Å². The summed E-state index contributed by atoms with van der Waals surface area (Å²) in [7, 11) is 2.85. The summed E-state index contributed by atoms with van der Waals surface area (Å²) < 4.78 is 4.60. The number of amides is 2. The smallest absolute Gasteiger partial charge is 0.337 e. The zero-order valence-electron chi connectivity index (χ0n) is 12.8. The monoisotopic (exact) mass is 312 g/mol. The quantitative estimate of drug-likeness (QED) is 0.847. The van der Waals surface area contributed by atoms with Gasteiger partial charge in [0.15, 0.2) is 0 Å². The zero-order chi connectivity index (χ0) is 16.8. The Hall–Kier alpha value is -3.15. The molecular formula is C17H16N2O4. The molecule has 2 N–H and O–H groups in total. The molecule has 118 valence electrons. The molecule has 0 aliphatic rings. The molecule has 0 saturated carbocycles. The van der Waals surface area contributed by atoms with Crippen molar-refractivity contribution in [1.29, 1.82) is 0 Å². The van der Waals surface area contributed by atoms with E-state index in [2.05, 4.69) is 15.4 Å². The molecule has 0 radical (unpaired) electrons. The van der Waals surface area contributed by atoms with Crippen LogP contribution < -0.4 is 10.6 Å². The van der Waals surface area contributed by atoms with Crippen LogP contribution in [0.5, 0.6) is 0 Å². The van der Waals surface area contributed by atoms with Crippen molar-refractivity contribution in [3.8, 4) is 0 Å². The number of benzene rings is 2. The highest BCUT2D eigenvalue weighted by atomic mass is 16.5. The van der Waals surface area contributed by atoms with Crippen LogP contribution in [0.1, 0.15) is 31.1 Å². The number of hydrogen-bond donors (Lipinski definition) is 2. The zero-order valence-corrected chi connectivity index (χ0v) is 12.8. The SMILES string of the molecule is CNC(=O)c1ccc(NC(=O)c2ccc(C(=O)OC)cc2)cc1. The second-order valence-corrected chi connectivity index (χ2v) is 4.68. The lowest BCUT2D eigenvalue weighted by Crippen LogP contribution is -2.18. The second-order valence-electron chi connectivity index (χ2n) is 4.68. The standard InChI is InChI=1S/C17H16N2O4/c1-18-15(20)11-7-9-14(10-8-11)19-16(21)12-3-5-13(6-4-12)17(22)23-2/h3-10H,1-2H3,(H,18,20)(H,19,21). The van der Waals surface area contributed by atoms with Gasteiger partial charge >= 0.3 is 5.97 Å². The predicted molar refractivity (Wildman–Crippen MR) is 85.6 cm³/mol. The Labute approximate surface area is 133 Å². The van der Waals surface area contributed by atoms with Crippen LogP contribution in [0.15, 0.2) is 48.5 Å². The average molecular weight is 312 g/mol. The summed E-state index contributed by atoms with van der Waals surface area (Å²) in [5.74, 6) is -0.961. The number of rotatable bonds is 4. The van der Waals surface area contributed by atoms with Gasteiger partial charge in [0.2, 0.25) is 0 Å². The first-order valence-electron chi connectivity index (χ1n) is 6.87. The summed E-state index contributed by atoms with van der Waals surface area (Å²) in [6.45, 7) is 0. The molecule has 0 bridgehead atoms. The molecule has 2 amide bonds.